The summed E-state index contributed by atoms with van der Waals surface area (Å²) in [7, 11) is 1.60. The molecule has 0 fully saturated rings. The summed E-state index contributed by atoms with van der Waals surface area (Å²) >= 11 is 8.33. The fourth-order valence-electron chi connectivity index (χ4n) is 1.58. The molecule has 0 saturated carbocycles. The third-order valence-corrected chi connectivity index (χ3v) is 3.25. The molecule has 18 heavy (non-hydrogen) atoms. The number of methoxy groups -OCH3 is 1. The first-order valence-electron chi connectivity index (χ1n) is 5.23. The molecule has 2 aromatic rings. The molecule has 0 aliphatic carbocycles. The number of hydrogen-bond acceptors (Lipinski definition) is 3. The Balaban J connectivity index is 2.47. The molecular formula is C11H11BrFN3OS. The molecule has 0 atom stereocenters. The van der Waals surface area contributed by atoms with E-state index in [1.807, 2.05) is 0 Å². The Labute approximate surface area is 117 Å². The van der Waals surface area contributed by atoms with Gasteiger partial charge in [-0.05, 0) is 30.4 Å². The molecule has 2 rings (SSSR count). The van der Waals surface area contributed by atoms with E-state index in [2.05, 4.69) is 26.1 Å². The first kappa shape index (κ1) is 13.4. The Bertz CT molecular complexity index is 611. The second-order valence-corrected chi connectivity index (χ2v) is 4.92. The fourth-order valence-corrected chi connectivity index (χ4v) is 2.14. The van der Waals surface area contributed by atoms with E-state index in [4.69, 9.17) is 17.0 Å². The van der Waals surface area contributed by atoms with Crippen LogP contribution in [0.4, 0.5) is 4.39 Å². The van der Waals surface area contributed by atoms with Gasteiger partial charge < -0.3 is 4.74 Å². The highest BCUT2D eigenvalue weighted by Gasteiger charge is 2.13. The summed E-state index contributed by atoms with van der Waals surface area (Å²) in [6, 6.07) is 4.82. The van der Waals surface area contributed by atoms with Gasteiger partial charge in [-0.1, -0.05) is 15.9 Å². The van der Waals surface area contributed by atoms with Gasteiger partial charge in [-0.3, -0.25) is 9.67 Å². The standard InChI is InChI=1S/C11H11BrFN3OS/c1-17-5-4-16-10(14-15-11(16)18)8-3-2-7(12)6-9(8)13/h2-3,6H,4-5H2,1H3,(H,15,18). The van der Waals surface area contributed by atoms with Gasteiger partial charge in [0, 0.05) is 11.6 Å². The number of ether oxygens (including phenoxy) is 1. The van der Waals surface area contributed by atoms with Crippen molar-refractivity contribution in [3.05, 3.63) is 33.3 Å². The van der Waals surface area contributed by atoms with Crippen molar-refractivity contribution in [3.63, 3.8) is 0 Å². The summed E-state index contributed by atoms with van der Waals surface area (Å²) in [5, 5.41) is 6.73. The molecule has 1 aromatic heterocycles. The van der Waals surface area contributed by atoms with Crippen molar-refractivity contribution < 1.29 is 9.13 Å². The lowest BCUT2D eigenvalue weighted by atomic mass is 10.2. The van der Waals surface area contributed by atoms with Gasteiger partial charge in [0.25, 0.3) is 0 Å². The van der Waals surface area contributed by atoms with Gasteiger partial charge >= 0.3 is 0 Å². The lowest BCUT2D eigenvalue weighted by Gasteiger charge is -2.07. The third kappa shape index (κ3) is 2.68. The first-order chi connectivity index (χ1) is 8.63. The SMILES string of the molecule is COCCn1c(-c2ccc(Br)cc2F)n[nH]c1=S. The Morgan fingerprint density at radius 1 is 1.56 bits per heavy atom. The Kier molecular flexibility index (Phi) is 4.26. The van der Waals surface area contributed by atoms with Gasteiger partial charge in [-0.15, -0.1) is 0 Å². The minimum Gasteiger partial charge on any atom is -0.383 e. The highest BCUT2D eigenvalue weighted by Crippen LogP contribution is 2.24. The Hall–Kier alpha value is -1.05. The molecule has 7 heteroatoms. The minimum atomic E-state index is -0.350. The van der Waals surface area contributed by atoms with Crippen molar-refractivity contribution in [2.75, 3.05) is 13.7 Å². The predicted molar refractivity (Wildman–Crippen MR) is 72.4 cm³/mol. The average Bonchev–Trinajstić information content (AvgIpc) is 2.68. The minimum absolute atomic E-state index is 0.350. The van der Waals surface area contributed by atoms with Gasteiger partial charge in [0.15, 0.2) is 10.6 Å². The number of hydrogen-bond donors (Lipinski definition) is 1. The number of halogens is 2. The molecule has 0 bridgehead atoms. The van der Waals surface area contributed by atoms with Crippen LogP contribution < -0.4 is 0 Å². The maximum atomic E-state index is 13.9. The van der Waals surface area contributed by atoms with Crippen LogP contribution in [-0.4, -0.2) is 28.5 Å². The van der Waals surface area contributed by atoms with E-state index in [0.29, 0.717) is 33.8 Å². The quantitative estimate of drug-likeness (QED) is 0.875. The van der Waals surface area contributed by atoms with E-state index in [-0.39, 0.29) is 5.82 Å². The number of nitrogens with zero attached hydrogens (tertiary/aromatic N) is 2. The van der Waals surface area contributed by atoms with Gasteiger partial charge in [-0.25, -0.2) is 4.39 Å². The van der Waals surface area contributed by atoms with Crippen LogP contribution in [0.3, 0.4) is 0 Å². The van der Waals surface area contributed by atoms with Gasteiger partial charge in [0.05, 0.1) is 18.7 Å². The molecule has 4 nitrogen and oxygen atoms in total. The normalized spacial score (nSPS) is 10.8. The maximum Gasteiger partial charge on any atom is 0.195 e. The fraction of sp³-hybridized carbons (Fsp3) is 0.273. The van der Waals surface area contributed by atoms with Crippen LogP contribution in [-0.2, 0) is 11.3 Å². The zero-order valence-electron chi connectivity index (χ0n) is 9.61. The second kappa shape index (κ2) is 5.73. The van der Waals surface area contributed by atoms with Crippen molar-refractivity contribution >= 4 is 28.1 Å². The molecule has 0 unspecified atom stereocenters. The lowest BCUT2D eigenvalue weighted by Crippen LogP contribution is -2.06. The Morgan fingerprint density at radius 2 is 2.33 bits per heavy atom. The van der Waals surface area contributed by atoms with Gasteiger partial charge in [-0.2, -0.15) is 5.10 Å². The Morgan fingerprint density at radius 3 is 3.00 bits per heavy atom. The number of nitrogens with one attached hydrogen (secondary N) is 1. The zero-order valence-corrected chi connectivity index (χ0v) is 12.0. The molecular weight excluding hydrogens is 321 g/mol. The van der Waals surface area contributed by atoms with E-state index in [9.17, 15) is 4.39 Å². The van der Waals surface area contributed by atoms with Crippen LogP contribution in [0.15, 0.2) is 22.7 Å². The van der Waals surface area contributed by atoms with E-state index < -0.39 is 0 Å². The molecule has 1 aromatic carbocycles. The highest BCUT2D eigenvalue weighted by molar-refractivity contribution is 9.10. The first-order valence-corrected chi connectivity index (χ1v) is 6.43. The topological polar surface area (TPSA) is 42.8 Å². The van der Waals surface area contributed by atoms with Crippen LogP contribution in [0, 0.1) is 10.6 Å². The molecule has 0 aliphatic rings. The zero-order chi connectivity index (χ0) is 13.1. The molecule has 0 amide bonds. The number of rotatable bonds is 4. The van der Waals surface area contributed by atoms with Gasteiger partial charge in [0.2, 0.25) is 0 Å². The predicted octanol–water partition coefficient (Wildman–Crippen LogP) is 3.16. The molecule has 0 aliphatic heterocycles. The third-order valence-electron chi connectivity index (χ3n) is 2.45. The number of benzene rings is 1. The molecule has 1 N–H and O–H groups in total. The molecule has 0 spiro atoms. The van der Waals surface area contributed by atoms with Crippen LogP contribution in [0.25, 0.3) is 11.4 Å². The summed E-state index contributed by atoms with van der Waals surface area (Å²) < 4.78 is 21.7. The van der Waals surface area contributed by atoms with Crippen LogP contribution in [0.5, 0.6) is 0 Å². The van der Waals surface area contributed by atoms with Crippen LogP contribution in [0.2, 0.25) is 0 Å². The average molecular weight is 332 g/mol. The van der Waals surface area contributed by atoms with E-state index in [1.54, 1.807) is 23.8 Å². The highest BCUT2D eigenvalue weighted by atomic mass is 79.9. The van der Waals surface area contributed by atoms with Crippen LogP contribution in [0.1, 0.15) is 0 Å². The van der Waals surface area contributed by atoms with Crippen molar-refractivity contribution in [1.82, 2.24) is 14.8 Å². The summed E-state index contributed by atoms with van der Waals surface area (Å²) in [5.41, 5.74) is 0.404. The van der Waals surface area contributed by atoms with Crippen molar-refractivity contribution in [1.29, 1.82) is 0 Å². The smallest absolute Gasteiger partial charge is 0.195 e. The van der Waals surface area contributed by atoms with E-state index in [1.165, 1.54) is 6.07 Å². The van der Waals surface area contributed by atoms with Crippen molar-refractivity contribution in [2.24, 2.45) is 0 Å². The van der Waals surface area contributed by atoms with Gasteiger partial charge in [0.1, 0.15) is 5.82 Å². The second-order valence-electron chi connectivity index (χ2n) is 3.62. The van der Waals surface area contributed by atoms with Crippen molar-refractivity contribution in [2.45, 2.75) is 6.54 Å². The van der Waals surface area contributed by atoms with E-state index >= 15 is 0 Å². The lowest BCUT2D eigenvalue weighted by molar-refractivity contribution is 0.187. The maximum absolute atomic E-state index is 13.9. The largest absolute Gasteiger partial charge is 0.383 e. The number of aromatic nitrogens is 3. The summed E-state index contributed by atoms with van der Waals surface area (Å²) in [6.07, 6.45) is 0. The molecule has 96 valence electrons. The number of H-pyrrole nitrogens is 1. The molecule has 0 radical (unpaired) electrons. The van der Waals surface area contributed by atoms with Crippen LogP contribution >= 0.6 is 28.1 Å². The number of aromatic amines is 1. The summed E-state index contributed by atoms with van der Waals surface area (Å²) in [4.78, 5) is 0. The summed E-state index contributed by atoms with van der Waals surface area (Å²) in [5.74, 6) is 0.124. The molecule has 1 heterocycles. The van der Waals surface area contributed by atoms with Crippen molar-refractivity contribution in [3.8, 4) is 11.4 Å². The monoisotopic (exact) mass is 331 g/mol. The molecule has 0 saturated heterocycles. The van der Waals surface area contributed by atoms with E-state index in [0.717, 1.165) is 0 Å². The summed E-state index contributed by atoms with van der Waals surface area (Å²) in [6.45, 7) is 1.01.